The standard InChI is InChI=1S/C18H13N2O2/c1-21-13-7-8-14-16(11-13)20-18-15(9-10-22-18)17(14)19-12-5-3-2-4-6-12/h3-11H,1H3,(H,19,20). The smallest absolute Gasteiger partial charge is 0.228 e. The number of furan rings is 1. The van der Waals surface area contributed by atoms with Crippen LogP contribution in [0.2, 0.25) is 0 Å². The third-order valence-corrected chi connectivity index (χ3v) is 3.60. The molecule has 0 atom stereocenters. The van der Waals surface area contributed by atoms with E-state index in [-0.39, 0.29) is 0 Å². The number of anilines is 2. The number of methoxy groups -OCH3 is 1. The Morgan fingerprint density at radius 2 is 1.95 bits per heavy atom. The number of hydrogen-bond acceptors (Lipinski definition) is 4. The van der Waals surface area contributed by atoms with Crippen LogP contribution in [0.4, 0.5) is 11.4 Å². The van der Waals surface area contributed by atoms with E-state index in [0.29, 0.717) is 5.71 Å². The second-order valence-corrected chi connectivity index (χ2v) is 4.92. The number of aromatic nitrogens is 1. The van der Waals surface area contributed by atoms with E-state index >= 15 is 0 Å². The van der Waals surface area contributed by atoms with Crippen LogP contribution < -0.4 is 10.1 Å². The Kier molecular flexibility index (Phi) is 2.93. The summed E-state index contributed by atoms with van der Waals surface area (Å²) in [5, 5.41) is 5.42. The van der Waals surface area contributed by atoms with E-state index in [9.17, 15) is 0 Å². The van der Waals surface area contributed by atoms with E-state index < -0.39 is 0 Å². The zero-order chi connectivity index (χ0) is 14.9. The van der Waals surface area contributed by atoms with Crippen molar-refractivity contribution in [2.45, 2.75) is 0 Å². The lowest BCUT2D eigenvalue weighted by atomic mass is 10.1. The van der Waals surface area contributed by atoms with Gasteiger partial charge in [-0.3, -0.25) is 0 Å². The van der Waals surface area contributed by atoms with Crippen LogP contribution in [0.25, 0.3) is 22.0 Å². The highest BCUT2D eigenvalue weighted by atomic mass is 16.5. The monoisotopic (exact) mass is 289 g/mol. The maximum Gasteiger partial charge on any atom is 0.228 e. The average Bonchev–Trinajstić information content (AvgIpc) is 3.03. The zero-order valence-electron chi connectivity index (χ0n) is 12.0. The Bertz CT molecular complexity index is 945. The molecule has 4 aromatic rings. The summed E-state index contributed by atoms with van der Waals surface area (Å²) < 4.78 is 10.8. The zero-order valence-corrected chi connectivity index (χ0v) is 12.0. The molecule has 0 amide bonds. The molecule has 0 spiro atoms. The fraction of sp³-hybridized carbons (Fsp3) is 0.0556. The van der Waals surface area contributed by atoms with Gasteiger partial charge in [0.15, 0.2) is 0 Å². The maximum atomic E-state index is 5.48. The first kappa shape index (κ1) is 12.7. The van der Waals surface area contributed by atoms with Crippen molar-refractivity contribution in [2.75, 3.05) is 12.4 Å². The molecule has 4 nitrogen and oxygen atoms in total. The molecule has 1 N–H and O–H groups in total. The predicted molar refractivity (Wildman–Crippen MR) is 86.6 cm³/mol. The van der Waals surface area contributed by atoms with Gasteiger partial charge >= 0.3 is 0 Å². The molecule has 0 aliphatic carbocycles. The molecule has 2 aromatic carbocycles. The number of fused-ring (bicyclic) bond motifs is 2. The lowest BCUT2D eigenvalue weighted by Gasteiger charge is -2.11. The molecule has 22 heavy (non-hydrogen) atoms. The van der Waals surface area contributed by atoms with Crippen LogP contribution in [0.15, 0.2) is 59.2 Å². The topological polar surface area (TPSA) is 47.3 Å². The Hall–Kier alpha value is -3.01. The van der Waals surface area contributed by atoms with E-state index in [0.717, 1.165) is 33.4 Å². The van der Waals surface area contributed by atoms with Gasteiger partial charge in [-0.1, -0.05) is 12.1 Å². The van der Waals surface area contributed by atoms with Gasteiger partial charge in [-0.25, -0.2) is 4.98 Å². The third kappa shape index (κ3) is 2.05. The minimum absolute atomic E-state index is 0.603. The minimum atomic E-state index is 0.603. The van der Waals surface area contributed by atoms with Crippen LogP contribution in [0.3, 0.4) is 0 Å². The molecule has 2 heterocycles. The first-order chi connectivity index (χ1) is 10.8. The summed E-state index contributed by atoms with van der Waals surface area (Å²) in [5.41, 5.74) is 3.39. The molecule has 0 bridgehead atoms. The summed E-state index contributed by atoms with van der Waals surface area (Å²) in [6, 6.07) is 18.5. The Morgan fingerprint density at radius 1 is 1.09 bits per heavy atom. The molecule has 0 unspecified atom stereocenters. The van der Waals surface area contributed by atoms with Gasteiger partial charge in [-0.05, 0) is 36.4 Å². The summed E-state index contributed by atoms with van der Waals surface area (Å²) in [6.45, 7) is 0. The van der Waals surface area contributed by atoms with E-state index in [1.54, 1.807) is 13.4 Å². The van der Waals surface area contributed by atoms with Gasteiger partial charge in [0, 0.05) is 17.1 Å². The summed E-state index contributed by atoms with van der Waals surface area (Å²) in [4.78, 5) is 4.56. The van der Waals surface area contributed by atoms with Crippen molar-refractivity contribution in [3.8, 4) is 5.75 Å². The van der Waals surface area contributed by atoms with Crippen LogP contribution in [-0.4, -0.2) is 12.1 Å². The molecule has 4 rings (SSSR count). The normalized spacial score (nSPS) is 11.0. The van der Waals surface area contributed by atoms with Crippen molar-refractivity contribution >= 4 is 33.4 Å². The molecular formula is C18H13N2O2. The van der Waals surface area contributed by atoms with Gasteiger partial charge in [-0.2, -0.15) is 0 Å². The quantitative estimate of drug-likeness (QED) is 0.601. The van der Waals surface area contributed by atoms with Gasteiger partial charge in [0.05, 0.1) is 30.0 Å². The highest BCUT2D eigenvalue weighted by Crippen LogP contribution is 2.34. The van der Waals surface area contributed by atoms with Gasteiger partial charge < -0.3 is 14.5 Å². The molecule has 1 radical (unpaired) electrons. The Balaban J connectivity index is 1.97. The van der Waals surface area contributed by atoms with Crippen molar-refractivity contribution in [3.63, 3.8) is 0 Å². The highest BCUT2D eigenvalue weighted by Gasteiger charge is 2.12. The SMILES string of the molecule is COc1ccc2c(Nc3cc[c]cc3)c3ccoc3nc2c1. The summed E-state index contributed by atoms with van der Waals surface area (Å²) in [5.74, 6) is 0.770. The van der Waals surface area contributed by atoms with Gasteiger partial charge in [0.1, 0.15) is 5.75 Å². The van der Waals surface area contributed by atoms with Crippen molar-refractivity contribution in [1.82, 2.24) is 4.98 Å². The molecule has 0 aliphatic rings. The Labute approximate surface area is 127 Å². The average molecular weight is 289 g/mol. The first-order valence-electron chi connectivity index (χ1n) is 6.93. The van der Waals surface area contributed by atoms with Gasteiger partial charge in [0.25, 0.3) is 0 Å². The van der Waals surface area contributed by atoms with Crippen molar-refractivity contribution in [3.05, 3.63) is 60.9 Å². The number of nitrogens with one attached hydrogen (secondary N) is 1. The summed E-state index contributed by atoms with van der Waals surface area (Å²) in [6.07, 6.45) is 1.65. The van der Waals surface area contributed by atoms with Crippen LogP contribution in [0.1, 0.15) is 0 Å². The molecule has 0 saturated heterocycles. The second kappa shape index (κ2) is 5.07. The third-order valence-electron chi connectivity index (χ3n) is 3.60. The fourth-order valence-electron chi connectivity index (χ4n) is 2.52. The van der Waals surface area contributed by atoms with Crippen LogP contribution in [-0.2, 0) is 0 Å². The molecule has 0 aliphatic heterocycles. The van der Waals surface area contributed by atoms with Gasteiger partial charge in [-0.15, -0.1) is 0 Å². The van der Waals surface area contributed by atoms with Crippen molar-refractivity contribution in [2.24, 2.45) is 0 Å². The number of benzene rings is 2. The largest absolute Gasteiger partial charge is 0.497 e. The van der Waals surface area contributed by atoms with E-state index in [4.69, 9.17) is 9.15 Å². The first-order valence-corrected chi connectivity index (χ1v) is 6.93. The van der Waals surface area contributed by atoms with Crippen LogP contribution >= 0.6 is 0 Å². The number of rotatable bonds is 3. The van der Waals surface area contributed by atoms with E-state index in [2.05, 4.69) is 16.4 Å². The number of ether oxygens (including phenoxy) is 1. The lowest BCUT2D eigenvalue weighted by Crippen LogP contribution is -1.94. The Morgan fingerprint density at radius 3 is 2.77 bits per heavy atom. The van der Waals surface area contributed by atoms with Crippen molar-refractivity contribution < 1.29 is 9.15 Å². The van der Waals surface area contributed by atoms with E-state index in [1.807, 2.05) is 48.5 Å². The minimum Gasteiger partial charge on any atom is -0.497 e. The maximum absolute atomic E-state index is 5.48. The van der Waals surface area contributed by atoms with Crippen LogP contribution in [0.5, 0.6) is 5.75 Å². The molecule has 0 fully saturated rings. The predicted octanol–water partition coefficient (Wildman–Crippen LogP) is 4.53. The molecule has 0 saturated carbocycles. The van der Waals surface area contributed by atoms with Crippen molar-refractivity contribution in [1.29, 1.82) is 0 Å². The molecule has 4 heteroatoms. The highest BCUT2D eigenvalue weighted by molar-refractivity contribution is 6.07. The number of pyridine rings is 1. The molecule has 107 valence electrons. The van der Waals surface area contributed by atoms with Gasteiger partial charge in [0.2, 0.25) is 5.71 Å². The lowest BCUT2D eigenvalue weighted by molar-refractivity contribution is 0.415. The molecule has 2 aromatic heterocycles. The summed E-state index contributed by atoms with van der Waals surface area (Å²) >= 11 is 0. The summed E-state index contributed by atoms with van der Waals surface area (Å²) in [7, 11) is 1.65. The fourth-order valence-corrected chi connectivity index (χ4v) is 2.52. The van der Waals surface area contributed by atoms with Crippen LogP contribution in [0, 0.1) is 6.07 Å². The molecular weight excluding hydrogens is 276 g/mol. The van der Waals surface area contributed by atoms with E-state index in [1.165, 1.54) is 0 Å². The second-order valence-electron chi connectivity index (χ2n) is 4.92. The number of nitrogens with zero attached hydrogens (tertiary/aromatic N) is 1. The number of hydrogen-bond donors (Lipinski definition) is 1.